The van der Waals surface area contributed by atoms with E-state index in [0.29, 0.717) is 12.1 Å². The van der Waals surface area contributed by atoms with Crippen LogP contribution in [0.5, 0.6) is 5.88 Å². The molecule has 0 atom stereocenters. The highest BCUT2D eigenvalue weighted by atomic mass is 32.2. The van der Waals surface area contributed by atoms with Crippen molar-refractivity contribution in [3.8, 4) is 5.88 Å². The van der Waals surface area contributed by atoms with Crippen molar-refractivity contribution in [3.63, 3.8) is 0 Å². The van der Waals surface area contributed by atoms with Crippen LogP contribution in [0.25, 0.3) is 21.9 Å². The van der Waals surface area contributed by atoms with Crippen LogP contribution in [0.15, 0.2) is 44.9 Å². The second-order valence-corrected chi connectivity index (χ2v) is 7.85. The number of H-pyrrole nitrogens is 1. The molecule has 160 valence electrons. The van der Waals surface area contributed by atoms with E-state index < -0.39 is 50.0 Å². The fourth-order valence-electron chi connectivity index (χ4n) is 3.14. The van der Waals surface area contributed by atoms with E-state index in [1.165, 1.54) is 19.2 Å². The zero-order valence-corrected chi connectivity index (χ0v) is 16.4. The molecule has 1 aromatic carbocycles. The molecule has 3 heterocycles. The number of rotatable bonds is 4. The highest BCUT2D eigenvalue weighted by Gasteiger charge is 2.20. The number of hydrogen-bond acceptors (Lipinski definition) is 7. The highest BCUT2D eigenvalue weighted by molar-refractivity contribution is 7.85. The SMILES string of the molecule is COc1ccc2c(ncc3c(=O)[nH]c(=O)n(Cc4c(F)cc(S(=O)(=O)O)cc4F)c32)n1. The normalized spacial score (nSPS) is 11.9. The van der Waals surface area contributed by atoms with E-state index in [4.69, 9.17) is 9.29 Å². The van der Waals surface area contributed by atoms with Crippen LogP contribution in [0, 0.1) is 11.6 Å². The molecule has 3 aromatic heterocycles. The molecule has 10 nitrogen and oxygen atoms in total. The van der Waals surface area contributed by atoms with Gasteiger partial charge in [0.1, 0.15) is 11.6 Å². The Morgan fingerprint density at radius 2 is 1.84 bits per heavy atom. The molecule has 13 heteroatoms. The summed E-state index contributed by atoms with van der Waals surface area (Å²) in [6.07, 6.45) is 1.16. The Labute approximate surface area is 171 Å². The van der Waals surface area contributed by atoms with Gasteiger partial charge < -0.3 is 4.74 Å². The second-order valence-electron chi connectivity index (χ2n) is 6.43. The molecule has 0 aliphatic rings. The van der Waals surface area contributed by atoms with Gasteiger partial charge in [0.15, 0.2) is 5.65 Å². The molecule has 0 spiro atoms. The largest absolute Gasteiger partial charge is 0.481 e. The molecule has 4 aromatic rings. The van der Waals surface area contributed by atoms with Crippen molar-refractivity contribution in [1.29, 1.82) is 0 Å². The maximum atomic E-state index is 14.5. The molecule has 0 amide bonds. The number of benzene rings is 1. The summed E-state index contributed by atoms with van der Waals surface area (Å²) in [6.45, 7) is -0.694. The molecule has 0 bridgehead atoms. The minimum absolute atomic E-state index is 0.0200. The molecule has 0 fully saturated rings. The zero-order chi connectivity index (χ0) is 22.5. The average molecular weight is 450 g/mol. The highest BCUT2D eigenvalue weighted by Crippen LogP contribution is 2.24. The molecule has 0 saturated carbocycles. The van der Waals surface area contributed by atoms with E-state index in [-0.39, 0.29) is 27.8 Å². The standard InChI is InChI=1S/C18H12F2N4O6S/c1-30-14-3-2-9-15-10(6-21-16(9)22-14)17(25)23-18(26)24(15)7-11-12(19)4-8(5-13(11)20)31(27,28)29/h2-6H,7H2,1H3,(H,23,25,26)(H,27,28,29). The Morgan fingerprint density at radius 1 is 1.16 bits per heavy atom. The molecular formula is C18H12F2N4O6S. The smallest absolute Gasteiger partial charge is 0.329 e. The third-order valence-corrected chi connectivity index (χ3v) is 5.43. The summed E-state index contributed by atoms with van der Waals surface area (Å²) in [6, 6.07) is 3.80. The van der Waals surface area contributed by atoms with E-state index >= 15 is 0 Å². The van der Waals surface area contributed by atoms with Crippen LogP contribution in [-0.4, -0.2) is 39.6 Å². The number of pyridine rings is 2. The summed E-state index contributed by atoms with van der Waals surface area (Å²) in [5, 5.41) is 0.214. The molecule has 0 aliphatic heterocycles. The lowest BCUT2D eigenvalue weighted by Crippen LogP contribution is -2.31. The first kappa shape index (κ1) is 20.6. The van der Waals surface area contributed by atoms with Gasteiger partial charge in [-0.1, -0.05) is 0 Å². The third-order valence-electron chi connectivity index (χ3n) is 4.59. The Kier molecular flexibility index (Phi) is 4.78. The molecule has 0 saturated heterocycles. The minimum atomic E-state index is -4.85. The van der Waals surface area contributed by atoms with Crippen LogP contribution in [0.2, 0.25) is 0 Å². The summed E-state index contributed by atoms with van der Waals surface area (Å²) in [4.78, 5) is 34.1. The molecule has 2 N–H and O–H groups in total. The molecule has 31 heavy (non-hydrogen) atoms. The van der Waals surface area contributed by atoms with Crippen LogP contribution in [0.3, 0.4) is 0 Å². The van der Waals surface area contributed by atoms with Crippen LogP contribution < -0.4 is 16.0 Å². The van der Waals surface area contributed by atoms with Gasteiger partial charge in [0, 0.05) is 23.2 Å². The topological polar surface area (TPSA) is 144 Å². The fraction of sp³-hybridized carbons (Fsp3) is 0.111. The zero-order valence-electron chi connectivity index (χ0n) is 15.6. The van der Waals surface area contributed by atoms with Gasteiger partial charge in [0.2, 0.25) is 5.88 Å². The van der Waals surface area contributed by atoms with Gasteiger partial charge in [-0.2, -0.15) is 13.4 Å². The number of hydrogen-bond donors (Lipinski definition) is 2. The lowest BCUT2D eigenvalue weighted by molar-refractivity contribution is 0.399. The number of aromatic nitrogens is 4. The maximum absolute atomic E-state index is 14.5. The van der Waals surface area contributed by atoms with Crippen molar-refractivity contribution in [1.82, 2.24) is 19.5 Å². The first-order chi connectivity index (χ1) is 14.6. The van der Waals surface area contributed by atoms with E-state index in [1.807, 2.05) is 4.98 Å². The van der Waals surface area contributed by atoms with Gasteiger partial charge in [0.05, 0.1) is 29.5 Å². The molecule has 0 aliphatic carbocycles. The van der Waals surface area contributed by atoms with Gasteiger partial charge >= 0.3 is 5.69 Å². The Balaban J connectivity index is 2.02. The molecular weight excluding hydrogens is 438 g/mol. The maximum Gasteiger partial charge on any atom is 0.329 e. The quantitative estimate of drug-likeness (QED) is 0.349. The lowest BCUT2D eigenvalue weighted by atomic mass is 10.1. The molecule has 4 rings (SSSR count). The molecule has 0 radical (unpaired) electrons. The number of nitrogens with one attached hydrogen (secondary N) is 1. The monoisotopic (exact) mass is 450 g/mol. The number of nitrogens with zero attached hydrogens (tertiary/aromatic N) is 3. The summed E-state index contributed by atoms with van der Waals surface area (Å²) in [5.74, 6) is -2.40. The van der Waals surface area contributed by atoms with Crippen LogP contribution in [0.1, 0.15) is 5.56 Å². The van der Waals surface area contributed by atoms with Crippen molar-refractivity contribution in [2.24, 2.45) is 0 Å². The first-order valence-corrected chi connectivity index (χ1v) is 9.96. The number of ether oxygens (including phenoxy) is 1. The van der Waals surface area contributed by atoms with Gasteiger partial charge in [-0.3, -0.25) is 18.9 Å². The second kappa shape index (κ2) is 7.21. The first-order valence-electron chi connectivity index (χ1n) is 8.52. The van der Waals surface area contributed by atoms with Crippen LogP contribution >= 0.6 is 0 Å². The number of fused-ring (bicyclic) bond motifs is 3. The Hall–Kier alpha value is -3.71. The number of halogens is 2. The number of methoxy groups -OCH3 is 1. The molecule has 0 unspecified atom stereocenters. The average Bonchev–Trinajstić information content (AvgIpc) is 2.70. The summed E-state index contributed by atoms with van der Waals surface area (Å²) in [5.41, 5.74) is -2.24. The van der Waals surface area contributed by atoms with Crippen LogP contribution in [-0.2, 0) is 16.7 Å². The van der Waals surface area contributed by atoms with E-state index in [1.54, 1.807) is 0 Å². The van der Waals surface area contributed by atoms with E-state index in [9.17, 15) is 26.8 Å². The Morgan fingerprint density at radius 3 is 2.45 bits per heavy atom. The minimum Gasteiger partial charge on any atom is -0.481 e. The van der Waals surface area contributed by atoms with E-state index in [0.717, 1.165) is 10.8 Å². The van der Waals surface area contributed by atoms with Gasteiger partial charge in [-0.15, -0.1) is 0 Å². The Bertz CT molecular complexity index is 1570. The van der Waals surface area contributed by atoms with Crippen molar-refractivity contribution in [2.75, 3.05) is 7.11 Å². The van der Waals surface area contributed by atoms with Crippen molar-refractivity contribution in [3.05, 3.63) is 68.5 Å². The van der Waals surface area contributed by atoms with Gasteiger partial charge in [0.25, 0.3) is 15.7 Å². The summed E-state index contributed by atoms with van der Waals surface area (Å²) < 4.78 is 66.3. The van der Waals surface area contributed by atoms with E-state index in [2.05, 4.69) is 9.97 Å². The van der Waals surface area contributed by atoms with Crippen molar-refractivity contribution in [2.45, 2.75) is 11.4 Å². The predicted molar refractivity (Wildman–Crippen MR) is 104 cm³/mol. The lowest BCUT2D eigenvalue weighted by Gasteiger charge is -2.13. The van der Waals surface area contributed by atoms with Gasteiger partial charge in [-0.05, 0) is 18.2 Å². The van der Waals surface area contributed by atoms with Gasteiger partial charge in [-0.25, -0.2) is 18.6 Å². The van der Waals surface area contributed by atoms with Crippen LogP contribution in [0.4, 0.5) is 8.78 Å². The van der Waals surface area contributed by atoms with Crippen molar-refractivity contribution >= 4 is 32.1 Å². The fourth-order valence-corrected chi connectivity index (χ4v) is 3.64. The summed E-state index contributed by atoms with van der Waals surface area (Å²) >= 11 is 0. The summed E-state index contributed by atoms with van der Waals surface area (Å²) in [7, 11) is -3.46. The number of aromatic amines is 1. The predicted octanol–water partition coefficient (Wildman–Crippen LogP) is 1.21. The van der Waals surface area contributed by atoms with Crippen molar-refractivity contribution < 1.29 is 26.5 Å². The third kappa shape index (κ3) is 3.53.